The van der Waals surface area contributed by atoms with Crippen molar-refractivity contribution < 1.29 is 32.1 Å². The number of hydrogen-bond donors (Lipinski definition) is 3. The minimum atomic E-state index is -4.67. The predicted octanol–water partition coefficient (Wildman–Crippen LogP) is 1.71. The molecule has 21 heavy (non-hydrogen) atoms. The summed E-state index contributed by atoms with van der Waals surface area (Å²) in [6, 6.07) is 9.50. The zero-order chi connectivity index (χ0) is 16.4. The molecule has 0 saturated heterocycles. The molecule has 0 radical (unpaired) electrons. The first-order valence-corrected chi connectivity index (χ1v) is 7.39. The summed E-state index contributed by atoms with van der Waals surface area (Å²) >= 11 is 0. The molecule has 1 rings (SSSR count). The van der Waals surface area contributed by atoms with Crippen LogP contribution < -0.4 is 4.74 Å². The normalized spacial score (nSPS) is 13.5. The largest absolute Gasteiger partial charge is 0.491 e. The van der Waals surface area contributed by atoms with Crippen molar-refractivity contribution in [1.82, 2.24) is 0 Å². The molecule has 7 nitrogen and oxygen atoms in total. The second kappa shape index (κ2) is 9.48. The topological polar surface area (TPSA) is 113 Å². The molecule has 120 valence electrons. The lowest BCUT2D eigenvalue weighted by molar-refractivity contribution is -0.190. The Bertz CT molecular complexity index is 489. The van der Waals surface area contributed by atoms with Crippen LogP contribution >= 0.6 is 0 Å². The van der Waals surface area contributed by atoms with Gasteiger partial charge in [0.15, 0.2) is 5.79 Å². The fraction of sp³-hybridized carbons (Fsp3) is 0.385. The summed E-state index contributed by atoms with van der Waals surface area (Å²) in [6.45, 7) is 5.92. The van der Waals surface area contributed by atoms with Crippen molar-refractivity contribution in [1.29, 1.82) is 0 Å². The average molecular weight is 320 g/mol. The average Bonchev–Trinajstić information content (AvgIpc) is 2.34. The van der Waals surface area contributed by atoms with E-state index >= 15 is 0 Å². The van der Waals surface area contributed by atoms with E-state index in [-0.39, 0.29) is 0 Å². The van der Waals surface area contributed by atoms with Crippen molar-refractivity contribution in [3.8, 4) is 5.75 Å². The first kappa shape index (κ1) is 19.6. The molecule has 0 aliphatic rings. The highest BCUT2D eigenvalue weighted by Crippen LogP contribution is 2.12. The van der Waals surface area contributed by atoms with Crippen molar-refractivity contribution >= 4 is 10.4 Å². The molecule has 0 bridgehead atoms. The maximum atomic E-state index is 9.66. The molecule has 0 aliphatic carbocycles. The number of benzene rings is 1. The molecule has 0 aromatic heterocycles. The van der Waals surface area contributed by atoms with E-state index in [0.29, 0.717) is 19.6 Å². The van der Waals surface area contributed by atoms with E-state index in [1.165, 1.54) is 0 Å². The van der Waals surface area contributed by atoms with Gasteiger partial charge in [0, 0.05) is 6.42 Å². The Balaban J connectivity index is 0.000000690. The Kier molecular flexibility index (Phi) is 8.83. The fourth-order valence-electron chi connectivity index (χ4n) is 1.26. The van der Waals surface area contributed by atoms with Crippen LogP contribution in [0.15, 0.2) is 43.0 Å². The second-order valence-electron chi connectivity index (χ2n) is 4.13. The molecule has 1 atom stereocenters. The van der Waals surface area contributed by atoms with Crippen molar-refractivity contribution in [2.45, 2.75) is 19.1 Å². The molecule has 8 heteroatoms. The van der Waals surface area contributed by atoms with Crippen LogP contribution in [0.3, 0.4) is 0 Å². The SMILES string of the molecule is C=CCC(C)(O)OCCOc1ccccc1.O=S(=O)(O)O. The van der Waals surface area contributed by atoms with Gasteiger partial charge in [0.2, 0.25) is 0 Å². The number of para-hydroxylation sites is 1. The summed E-state index contributed by atoms with van der Waals surface area (Å²) in [5, 5.41) is 9.66. The molecule has 0 amide bonds. The Morgan fingerprint density at radius 1 is 1.24 bits per heavy atom. The lowest BCUT2D eigenvalue weighted by atomic mass is 10.2. The third-order valence-electron chi connectivity index (χ3n) is 2.03. The molecule has 1 aromatic carbocycles. The summed E-state index contributed by atoms with van der Waals surface area (Å²) in [5.41, 5.74) is 0. The summed E-state index contributed by atoms with van der Waals surface area (Å²) in [4.78, 5) is 0. The zero-order valence-corrected chi connectivity index (χ0v) is 12.5. The molecule has 0 spiro atoms. The van der Waals surface area contributed by atoms with Gasteiger partial charge in [-0.25, -0.2) is 0 Å². The van der Waals surface area contributed by atoms with E-state index in [4.69, 9.17) is 27.0 Å². The summed E-state index contributed by atoms with van der Waals surface area (Å²) in [7, 11) is -4.67. The van der Waals surface area contributed by atoms with E-state index < -0.39 is 16.2 Å². The quantitative estimate of drug-likeness (QED) is 0.303. The number of aliphatic hydroxyl groups is 1. The molecule has 1 aromatic rings. The van der Waals surface area contributed by atoms with Crippen LogP contribution in [-0.2, 0) is 15.1 Å². The van der Waals surface area contributed by atoms with E-state index in [2.05, 4.69) is 6.58 Å². The first-order chi connectivity index (χ1) is 9.64. The molecule has 0 aliphatic heterocycles. The van der Waals surface area contributed by atoms with Gasteiger partial charge in [-0.05, 0) is 19.1 Å². The summed E-state index contributed by atoms with van der Waals surface area (Å²) in [5.74, 6) is -0.351. The van der Waals surface area contributed by atoms with Crippen LogP contribution in [0.2, 0.25) is 0 Å². The minimum Gasteiger partial charge on any atom is -0.491 e. The maximum Gasteiger partial charge on any atom is 0.394 e. The van der Waals surface area contributed by atoms with E-state index in [9.17, 15) is 5.11 Å². The van der Waals surface area contributed by atoms with Crippen LogP contribution in [0, 0.1) is 0 Å². The first-order valence-electron chi connectivity index (χ1n) is 5.99. The number of rotatable bonds is 7. The van der Waals surface area contributed by atoms with E-state index in [1.54, 1.807) is 13.0 Å². The van der Waals surface area contributed by atoms with Crippen LogP contribution in [-0.4, -0.2) is 41.6 Å². The fourth-order valence-corrected chi connectivity index (χ4v) is 1.26. The van der Waals surface area contributed by atoms with Gasteiger partial charge in [-0.2, -0.15) is 8.42 Å². The standard InChI is InChI=1S/C13H18O3.H2O4S/c1-3-9-13(2,14)16-11-10-15-12-7-5-4-6-8-12;1-5(2,3)4/h3-8,14H,1,9-11H2,2H3;(H2,1,2,3,4). The third-order valence-corrected chi connectivity index (χ3v) is 2.03. The molecule has 3 N–H and O–H groups in total. The van der Waals surface area contributed by atoms with Crippen molar-refractivity contribution in [3.63, 3.8) is 0 Å². The monoisotopic (exact) mass is 320 g/mol. The highest BCUT2D eigenvalue weighted by atomic mass is 32.3. The van der Waals surface area contributed by atoms with Gasteiger partial charge in [0.1, 0.15) is 12.4 Å². The van der Waals surface area contributed by atoms with Gasteiger partial charge in [-0.3, -0.25) is 9.11 Å². The number of hydrogen-bond acceptors (Lipinski definition) is 5. The van der Waals surface area contributed by atoms with Crippen LogP contribution in [0.4, 0.5) is 0 Å². The second-order valence-corrected chi connectivity index (χ2v) is 5.02. The highest BCUT2D eigenvalue weighted by Gasteiger charge is 2.18. The number of ether oxygens (including phenoxy) is 2. The van der Waals surface area contributed by atoms with Gasteiger partial charge in [-0.1, -0.05) is 24.3 Å². The van der Waals surface area contributed by atoms with Gasteiger partial charge < -0.3 is 14.6 Å². The zero-order valence-electron chi connectivity index (χ0n) is 11.7. The molecule has 0 saturated carbocycles. The summed E-state index contributed by atoms with van der Waals surface area (Å²) < 4.78 is 42.3. The molecule has 0 fully saturated rings. The highest BCUT2D eigenvalue weighted by molar-refractivity contribution is 7.79. The van der Waals surface area contributed by atoms with Gasteiger partial charge in [-0.15, -0.1) is 6.58 Å². The summed E-state index contributed by atoms with van der Waals surface area (Å²) in [6.07, 6.45) is 2.02. The van der Waals surface area contributed by atoms with E-state index in [0.717, 1.165) is 5.75 Å². The Labute approximate surface area is 124 Å². The lowest BCUT2D eigenvalue weighted by Crippen LogP contribution is -2.29. The van der Waals surface area contributed by atoms with Crippen LogP contribution in [0.5, 0.6) is 5.75 Å². The Morgan fingerprint density at radius 3 is 2.24 bits per heavy atom. The van der Waals surface area contributed by atoms with Gasteiger partial charge in [0.05, 0.1) is 6.61 Å². The Hall–Kier alpha value is -1.45. The van der Waals surface area contributed by atoms with Crippen molar-refractivity contribution in [2.75, 3.05) is 13.2 Å². The van der Waals surface area contributed by atoms with E-state index in [1.807, 2.05) is 30.3 Å². The van der Waals surface area contributed by atoms with Crippen LogP contribution in [0.25, 0.3) is 0 Å². The smallest absolute Gasteiger partial charge is 0.394 e. The minimum absolute atomic E-state index is 0.343. The third kappa shape index (κ3) is 14.8. The molecule has 1 unspecified atom stereocenters. The lowest BCUT2D eigenvalue weighted by Gasteiger charge is -2.22. The Morgan fingerprint density at radius 2 is 1.76 bits per heavy atom. The molecule has 0 heterocycles. The van der Waals surface area contributed by atoms with Gasteiger partial charge >= 0.3 is 10.4 Å². The van der Waals surface area contributed by atoms with Crippen LogP contribution in [0.1, 0.15) is 13.3 Å². The predicted molar refractivity (Wildman–Crippen MR) is 77.5 cm³/mol. The van der Waals surface area contributed by atoms with Crippen molar-refractivity contribution in [3.05, 3.63) is 43.0 Å². The van der Waals surface area contributed by atoms with Gasteiger partial charge in [0.25, 0.3) is 0 Å². The van der Waals surface area contributed by atoms with Crippen molar-refractivity contribution in [2.24, 2.45) is 0 Å². The molecular weight excluding hydrogens is 300 g/mol. The maximum absolute atomic E-state index is 9.66. The molecular formula is C13H20O7S.